The Kier molecular flexibility index (Phi) is 2.92. The van der Waals surface area contributed by atoms with Gasteiger partial charge in [-0.1, -0.05) is 6.07 Å². The van der Waals surface area contributed by atoms with Crippen LogP contribution in [-0.4, -0.2) is 16.7 Å². The van der Waals surface area contributed by atoms with E-state index < -0.39 is 0 Å². The fourth-order valence-electron chi connectivity index (χ4n) is 1.70. The molecule has 0 radical (unpaired) electrons. The molecule has 0 bridgehead atoms. The maximum Gasteiger partial charge on any atom is 0.120 e. The molecule has 1 aromatic carbocycles. The second-order valence-electron chi connectivity index (χ2n) is 3.54. The van der Waals surface area contributed by atoms with Crippen molar-refractivity contribution in [1.29, 1.82) is 0 Å². The first-order chi connectivity index (χ1) is 7.76. The van der Waals surface area contributed by atoms with Crippen molar-refractivity contribution >= 4 is 0 Å². The molecule has 16 heavy (non-hydrogen) atoms. The summed E-state index contributed by atoms with van der Waals surface area (Å²) < 4.78 is 7.22. The van der Waals surface area contributed by atoms with Crippen LogP contribution < -0.4 is 10.5 Å². The third-order valence-corrected chi connectivity index (χ3v) is 2.60. The smallest absolute Gasteiger partial charge is 0.120 e. The number of hydrogen-bond donors (Lipinski definition) is 1. The zero-order chi connectivity index (χ0) is 11.5. The Balaban J connectivity index is 2.57. The van der Waals surface area contributed by atoms with E-state index in [1.807, 2.05) is 35.9 Å². The fourth-order valence-corrected chi connectivity index (χ4v) is 1.70. The molecule has 0 saturated heterocycles. The molecule has 0 aliphatic carbocycles. The number of nitrogens with zero attached hydrogens (tertiary/aromatic N) is 2. The Morgan fingerprint density at radius 2 is 2.25 bits per heavy atom. The molecule has 0 fully saturated rings. The van der Waals surface area contributed by atoms with Crippen LogP contribution in [0.3, 0.4) is 0 Å². The van der Waals surface area contributed by atoms with E-state index in [9.17, 15) is 0 Å². The first-order valence-electron chi connectivity index (χ1n) is 5.13. The molecule has 0 amide bonds. The van der Waals surface area contributed by atoms with Crippen LogP contribution >= 0.6 is 0 Å². The molecule has 4 heteroatoms. The van der Waals surface area contributed by atoms with E-state index in [0.717, 1.165) is 22.8 Å². The predicted molar refractivity (Wildman–Crippen MR) is 62.7 cm³/mol. The Labute approximate surface area is 94.7 Å². The lowest BCUT2D eigenvalue weighted by Crippen LogP contribution is -2.05. The molecule has 0 aliphatic rings. The van der Waals surface area contributed by atoms with Crippen LogP contribution in [0.15, 0.2) is 30.6 Å². The minimum absolute atomic E-state index is 0.497. The van der Waals surface area contributed by atoms with Gasteiger partial charge in [0, 0.05) is 25.0 Å². The molecule has 2 aromatic rings. The van der Waals surface area contributed by atoms with Gasteiger partial charge in [0.2, 0.25) is 0 Å². The standard InChI is InChI=1S/C12H15N3O/c1-9-14-5-6-15(9)12-7-11(16-2)4-3-10(12)8-13/h3-7H,8,13H2,1-2H3. The van der Waals surface area contributed by atoms with Gasteiger partial charge in [0.1, 0.15) is 11.6 Å². The highest BCUT2D eigenvalue weighted by Crippen LogP contribution is 2.22. The topological polar surface area (TPSA) is 53.1 Å². The highest BCUT2D eigenvalue weighted by atomic mass is 16.5. The van der Waals surface area contributed by atoms with Crippen molar-refractivity contribution in [3.63, 3.8) is 0 Å². The summed E-state index contributed by atoms with van der Waals surface area (Å²) in [5, 5.41) is 0. The quantitative estimate of drug-likeness (QED) is 0.850. The summed E-state index contributed by atoms with van der Waals surface area (Å²) >= 11 is 0. The third kappa shape index (κ3) is 1.79. The number of aryl methyl sites for hydroxylation is 1. The van der Waals surface area contributed by atoms with E-state index in [-0.39, 0.29) is 0 Å². The summed E-state index contributed by atoms with van der Waals surface area (Å²) in [5.74, 6) is 1.75. The molecule has 0 aliphatic heterocycles. The Morgan fingerprint density at radius 3 is 2.81 bits per heavy atom. The first-order valence-corrected chi connectivity index (χ1v) is 5.13. The van der Waals surface area contributed by atoms with Crippen molar-refractivity contribution in [2.24, 2.45) is 5.73 Å². The number of ether oxygens (including phenoxy) is 1. The SMILES string of the molecule is COc1ccc(CN)c(-n2ccnc2C)c1. The number of imidazole rings is 1. The van der Waals surface area contributed by atoms with Crippen LogP contribution in [0.25, 0.3) is 5.69 Å². The molecule has 0 spiro atoms. The van der Waals surface area contributed by atoms with E-state index in [0.29, 0.717) is 6.54 Å². The van der Waals surface area contributed by atoms with Crippen LogP contribution in [0, 0.1) is 6.92 Å². The van der Waals surface area contributed by atoms with Gasteiger partial charge in [-0.05, 0) is 18.6 Å². The monoisotopic (exact) mass is 217 g/mol. The molecular formula is C12H15N3O. The van der Waals surface area contributed by atoms with Crippen LogP contribution in [0.2, 0.25) is 0 Å². The van der Waals surface area contributed by atoms with E-state index >= 15 is 0 Å². The third-order valence-electron chi connectivity index (χ3n) is 2.60. The maximum atomic E-state index is 5.72. The van der Waals surface area contributed by atoms with Gasteiger partial charge in [-0.15, -0.1) is 0 Å². The molecule has 4 nitrogen and oxygen atoms in total. The summed E-state index contributed by atoms with van der Waals surface area (Å²) in [5.41, 5.74) is 7.82. The average molecular weight is 217 g/mol. The van der Waals surface area contributed by atoms with Gasteiger partial charge < -0.3 is 15.0 Å². The molecular weight excluding hydrogens is 202 g/mol. The molecule has 2 N–H and O–H groups in total. The van der Waals surface area contributed by atoms with Gasteiger partial charge in [-0.2, -0.15) is 0 Å². The Bertz CT molecular complexity index is 491. The second-order valence-corrected chi connectivity index (χ2v) is 3.54. The van der Waals surface area contributed by atoms with Crippen molar-refractivity contribution in [2.45, 2.75) is 13.5 Å². The zero-order valence-corrected chi connectivity index (χ0v) is 9.47. The van der Waals surface area contributed by atoms with Crippen molar-refractivity contribution < 1.29 is 4.74 Å². The van der Waals surface area contributed by atoms with E-state index in [2.05, 4.69) is 4.98 Å². The van der Waals surface area contributed by atoms with E-state index in [1.54, 1.807) is 13.3 Å². The second kappa shape index (κ2) is 4.37. The highest BCUT2D eigenvalue weighted by Gasteiger charge is 2.07. The Hall–Kier alpha value is -1.81. The molecule has 1 heterocycles. The van der Waals surface area contributed by atoms with Gasteiger partial charge >= 0.3 is 0 Å². The van der Waals surface area contributed by atoms with Crippen molar-refractivity contribution in [1.82, 2.24) is 9.55 Å². The number of nitrogens with two attached hydrogens (primary N) is 1. The number of benzene rings is 1. The molecule has 2 rings (SSSR count). The lowest BCUT2D eigenvalue weighted by molar-refractivity contribution is 0.414. The van der Waals surface area contributed by atoms with E-state index in [4.69, 9.17) is 10.5 Å². The van der Waals surface area contributed by atoms with Crippen LogP contribution in [0.4, 0.5) is 0 Å². The van der Waals surface area contributed by atoms with Crippen molar-refractivity contribution in [3.05, 3.63) is 42.0 Å². The lowest BCUT2D eigenvalue weighted by Gasteiger charge is -2.12. The largest absolute Gasteiger partial charge is 0.497 e. The van der Waals surface area contributed by atoms with Crippen LogP contribution in [0.5, 0.6) is 5.75 Å². The zero-order valence-electron chi connectivity index (χ0n) is 9.47. The number of methoxy groups -OCH3 is 1. The minimum Gasteiger partial charge on any atom is -0.497 e. The van der Waals surface area contributed by atoms with Gasteiger partial charge in [0.05, 0.1) is 12.8 Å². The molecule has 0 atom stereocenters. The lowest BCUT2D eigenvalue weighted by atomic mass is 10.1. The summed E-state index contributed by atoms with van der Waals surface area (Å²) in [6, 6.07) is 5.86. The van der Waals surface area contributed by atoms with Crippen molar-refractivity contribution in [2.75, 3.05) is 7.11 Å². The predicted octanol–water partition coefficient (Wildman–Crippen LogP) is 1.65. The summed E-state index contributed by atoms with van der Waals surface area (Å²) in [6.45, 7) is 2.46. The summed E-state index contributed by atoms with van der Waals surface area (Å²) in [4.78, 5) is 4.21. The van der Waals surface area contributed by atoms with Crippen LogP contribution in [0.1, 0.15) is 11.4 Å². The van der Waals surface area contributed by atoms with Gasteiger partial charge in [0.15, 0.2) is 0 Å². The maximum absolute atomic E-state index is 5.72. The average Bonchev–Trinajstić information content (AvgIpc) is 2.74. The Morgan fingerprint density at radius 1 is 1.44 bits per heavy atom. The van der Waals surface area contributed by atoms with Crippen molar-refractivity contribution in [3.8, 4) is 11.4 Å². The van der Waals surface area contributed by atoms with Gasteiger partial charge in [0.25, 0.3) is 0 Å². The fraction of sp³-hybridized carbons (Fsp3) is 0.250. The van der Waals surface area contributed by atoms with Crippen LogP contribution in [-0.2, 0) is 6.54 Å². The minimum atomic E-state index is 0.497. The molecule has 0 unspecified atom stereocenters. The highest BCUT2D eigenvalue weighted by molar-refractivity contribution is 5.47. The van der Waals surface area contributed by atoms with E-state index in [1.165, 1.54) is 0 Å². The van der Waals surface area contributed by atoms with Gasteiger partial charge in [-0.25, -0.2) is 4.98 Å². The normalized spacial score (nSPS) is 10.4. The molecule has 84 valence electrons. The van der Waals surface area contributed by atoms with Gasteiger partial charge in [-0.3, -0.25) is 0 Å². The number of aromatic nitrogens is 2. The molecule has 1 aromatic heterocycles. The summed E-state index contributed by atoms with van der Waals surface area (Å²) in [7, 11) is 1.65. The first kappa shape index (κ1) is 10.7. The number of rotatable bonds is 3. The molecule has 0 saturated carbocycles. The number of hydrogen-bond acceptors (Lipinski definition) is 3. The summed E-state index contributed by atoms with van der Waals surface area (Å²) in [6.07, 6.45) is 3.69.